The first-order chi connectivity index (χ1) is 16.4. The van der Waals surface area contributed by atoms with Gasteiger partial charge in [-0.2, -0.15) is 0 Å². The third-order valence-electron chi connectivity index (χ3n) is 6.72. The van der Waals surface area contributed by atoms with E-state index in [4.69, 9.17) is 0 Å². The lowest BCUT2D eigenvalue weighted by molar-refractivity contribution is -0.133. The molecule has 2 aromatic rings. The Hall–Kier alpha value is -3.15. The average molecular weight is 464 g/mol. The predicted molar refractivity (Wildman–Crippen MR) is 134 cm³/mol. The van der Waals surface area contributed by atoms with Gasteiger partial charge in [-0.3, -0.25) is 14.4 Å². The summed E-state index contributed by atoms with van der Waals surface area (Å²) in [6, 6.07) is 16.8. The lowest BCUT2D eigenvalue weighted by atomic mass is 9.88. The molecule has 0 radical (unpaired) electrons. The van der Waals surface area contributed by atoms with Gasteiger partial charge in [0.15, 0.2) is 0 Å². The number of nitrogens with zero attached hydrogens (tertiary/aromatic N) is 1. The van der Waals surface area contributed by atoms with Crippen LogP contribution < -0.4 is 10.6 Å². The molecule has 34 heavy (non-hydrogen) atoms. The van der Waals surface area contributed by atoms with Gasteiger partial charge >= 0.3 is 0 Å². The Bertz CT molecular complexity index is 951. The van der Waals surface area contributed by atoms with E-state index in [1.165, 1.54) is 0 Å². The van der Waals surface area contributed by atoms with Crippen molar-refractivity contribution in [3.05, 3.63) is 71.3 Å². The Morgan fingerprint density at radius 1 is 0.971 bits per heavy atom. The van der Waals surface area contributed by atoms with Crippen LogP contribution in [-0.2, 0) is 16.0 Å². The lowest BCUT2D eigenvalue weighted by Gasteiger charge is -2.36. The summed E-state index contributed by atoms with van der Waals surface area (Å²) in [5, 5.41) is 6.02. The van der Waals surface area contributed by atoms with E-state index >= 15 is 0 Å². The number of hydrogen-bond donors (Lipinski definition) is 2. The van der Waals surface area contributed by atoms with Crippen LogP contribution in [0.5, 0.6) is 0 Å². The fraction of sp³-hybridized carbons (Fsp3) is 0.464. The number of aryl methyl sites for hydroxylation is 2. The molecule has 182 valence electrons. The van der Waals surface area contributed by atoms with Crippen LogP contribution in [0.3, 0.4) is 0 Å². The van der Waals surface area contributed by atoms with Crippen molar-refractivity contribution in [1.82, 2.24) is 15.5 Å². The monoisotopic (exact) mass is 463 g/mol. The number of carbonyl (C=O) groups is 3. The van der Waals surface area contributed by atoms with Gasteiger partial charge in [-0.25, -0.2) is 0 Å². The van der Waals surface area contributed by atoms with Crippen molar-refractivity contribution in [2.45, 2.75) is 65.0 Å². The summed E-state index contributed by atoms with van der Waals surface area (Å²) in [6.45, 7) is 7.16. The number of likely N-dealkylation sites (tertiary alicyclic amines) is 1. The highest BCUT2D eigenvalue weighted by molar-refractivity contribution is 5.97. The number of nitrogens with one attached hydrogen (secondary N) is 2. The van der Waals surface area contributed by atoms with E-state index in [-0.39, 0.29) is 29.7 Å². The number of amides is 3. The Morgan fingerprint density at radius 3 is 2.24 bits per heavy atom. The Morgan fingerprint density at radius 2 is 1.62 bits per heavy atom. The summed E-state index contributed by atoms with van der Waals surface area (Å²) < 4.78 is 0. The highest BCUT2D eigenvalue weighted by atomic mass is 16.2. The molecule has 6 nitrogen and oxygen atoms in total. The van der Waals surface area contributed by atoms with Gasteiger partial charge in [0.05, 0.1) is 0 Å². The van der Waals surface area contributed by atoms with Gasteiger partial charge in [0.25, 0.3) is 5.91 Å². The summed E-state index contributed by atoms with van der Waals surface area (Å²) in [5.74, 6) is -0.266. The van der Waals surface area contributed by atoms with Crippen LogP contribution in [0.4, 0.5) is 0 Å². The van der Waals surface area contributed by atoms with Crippen molar-refractivity contribution in [3.63, 3.8) is 0 Å². The van der Waals surface area contributed by atoms with Crippen LogP contribution in [0.2, 0.25) is 0 Å². The first kappa shape index (κ1) is 25.5. The van der Waals surface area contributed by atoms with E-state index in [0.717, 1.165) is 24.0 Å². The van der Waals surface area contributed by atoms with Crippen LogP contribution in [-0.4, -0.2) is 47.8 Å². The smallest absolute Gasteiger partial charge is 0.251 e. The molecule has 1 heterocycles. The molecule has 6 heteroatoms. The fourth-order valence-electron chi connectivity index (χ4n) is 4.30. The highest BCUT2D eigenvalue weighted by Crippen LogP contribution is 2.23. The first-order valence-corrected chi connectivity index (χ1v) is 12.4. The molecule has 0 saturated carbocycles. The second kappa shape index (κ2) is 12.4. The molecule has 3 rings (SSSR count). The SMILES string of the molecule is CCC(C)NC(=O)C(NC(=O)c1ccc(C)cc1)C1CCN(C(=O)CCc2ccccc2)CC1. The molecule has 0 bridgehead atoms. The standard InChI is InChI=1S/C28H37N3O3/c1-4-21(3)29-28(34)26(30-27(33)24-13-10-20(2)11-14-24)23-16-18-31(19-17-23)25(32)15-12-22-8-6-5-7-9-22/h5-11,13-14,21,23,26H,4,12,15-19H2,1-3H3,(H,29,34)(H,30,33). The van der Waals surface area contributed by atoms with Crippen molar-refractivity contribution >= 4 is 17.7 Å². The highest BCUT2D eigenvalue weighted by Gasteiger charge is 2.34. The van der Waals surface area contributed by atoms with E-state index in [0.29, 0.717) is 37.9 Å². The summed E-state index contributed by atoms with van der Waals surface area (Å²) in [7, 11) is 0. The van der Waals surface area contributed by atoms with Gasteiger partial charge < -0.3 is 15.5 Å². The first-order valence-electron chi connectivity index (χ1n) is 12.4. The summed E-state index contributed by atoms with van der Waals surface area (Å²) in [6.07, 6.45) is 3.40. The third-order valence-corrected chi connectivity index (χ3v) is 6.72. The van der Waals surface area contributed by atoms with Gasteiger partial charge in [-0.15, -0.1) is 0 Å². The summed E-state index contributed by atoms with van der Waals surface area (Å²) >= 11 is 0. The molecule has 0 aromatic heterocycles. The molecule has 0 aliphatic carbocycles. The summed E-state index contributed by atoms with van der Waals surface area (Å²) in [5.41, 5.74) is 2.78. The van der Waals surface area contributed by atoms with E-state index in [9.17, 15) is 14.4 Å². The number of carbonyl (C=O) groups excluding carboxylic acids is 3. The fourth-order valence-corrected chi connectivity index (χ4v) is 4.30. The van der Waals surface area contributed by atoms with Crippen molar-refractivity contribution in [2.24, 2.45) is 5.92 Å². The van der Waals surface area contributed by atoms with Gasteiger partial charge in [-0.1, -0.05) is 55.0 Å². The molecular formula is C28H37N3O3. The molecule has 1 aliphatic heterocycles. The largest absolute Gasteiger partial charge is 0.352 e. The normalized spacial score (nSPS) is 15.9. The maximum absolute atomic E-state index is 13.1. The van der Waals surface area contributed by atoms with Crippen LogP contribution in [0.1, 0.15) is 61.0 Å². The van der Waals surface area contributed by atoms with Gasteiger partial charge in [0, 0.05) is 31.1 Å². The molecule has 1 aliphatic rings. The van der Waals surface area contributed by atoms with Crippen molar-refractivity contribution < 1.29 is 14.4 Å². The third kappa shape index (κ3) is 7.17. The predicted octanol–water partition coefficient (Wildman–Crippen LogP) is 3.88. The van der Waals surface area contributed by atoms with Gasteiger partial charge in [0.2, 0.25) is 11.8 Å². The molecule has 3 amide bonds. The summed E-state index contributed by atoms with van der Waals surface area (Å²) in [4.78, 5) is 40.6. The van der Waals surface area contributed by atoms with Gasteiger partial charge in [0.1, 0.15) is 6.04 Å². The molecule has 2 unspecified atom stereocenters. The second-order valence-electron chi connectivity index (χ2n) is 9.34. The molecule has 2 N–H and O–H groups in total. The Balaban J connectivity index is 1.61. The van der Waals surface area contributed by atoms with E-state index < -0.39 is 6.04 Å². The number of hydrogen-bond acceptors (Lipinski definition) is 3. The molecular weight excluding hydrogens is 426 g/mol. The number of benzene rings is 2. The van der Waals surface area contributed by atoms with Crippen LogP contribution >= 0.6 is 0 Å². The molecule has 1 saturated heterocycles. The Labute approximate surface area is 203 Å². The van der Waals surface area contributed by atoms with Crippen LogP contribution in [0.25, 0.3) is 0 Å². The maximum Gasteiger partial charge on any atom is 0.251 e. The quantitative estimate of drug-likeness (QED) is 0.592. The zero-order valence-electron chi connectivity index (χ0n) is 20.5. The van der Waals surface area contributed by atoms with Crippen LogP contribution in [0.15, 0.2) is 54.6 Å². The van der Waals surface area contributed by atoms with Crippen molar-refractivity contribution in [3.8, 4) is 0 Å². The molecule has 2 atom stereocenters. The molecule has 0 spiro atoms. The zero-order valence-corrected chi connectivity index (χ0v) is 20.5. The maximum atomic E-state index is 13.1. The minimum Gasteiger partial charge on any atom is -0.352 e. The van der Waals surface area contributed by atoms with E-state index in [1.807, 2.05) is 68.1 Å². The number of piperidine rings is 1. The second-order valence-corrected chi connectivity index (χ2v) is 9.34. The van der Waals surface area contributed by atoms with Crippen LogP contribution in [0, 0.1) is 12.8 Å². The molecule has 1 fully saturated rings. The van der Waals surface area contributed by atoms with Crippen molar-refractivity contribution in [1.29, 1.82) is 0 Å². The number of rotatable bonds is 9. The minimum absolute atomic E-state index is 0.0170. The van der Waals surface area contributed by atoms with Gasteiger partial charge in [-0.05, 0) is 63.1 Å². The lowest BCUT2D eigenvalue weighted by Crippen LogP contribution is -2.55. The average Bonchev–Trinajstić information content (AvgIpc) is 2.86. The zero-order chi connectivity index (χ0) is 24.5. The van der Waals surface area contributed by atoms with E-state index in [1.54, 1.807) is 12.1 Å². The molecule has 2 aromatic carbocycles. The Kier molecular flexibility index (Phi) is 9.25. The van der Waals surface area contributed by atoms with E-state index in [2.05, 4.69) is 10.6 Å². The minimum atomic E-state index is -0.621. The topological polar surface area (TPSA) is 78.5 Å². The van der Waals surface area contributed by atoms with Crippen molar-refractivity contribution in [2.75, 3.05) is 13.1 Å².